The molecule has 0 fully saturated rings. The van der Waals surface area contributed by atoms with E-state index in [0.717, 1.165) is 23.3 Å². The first-order valence-corrected chi connectivity index (χ1v) is 5.19. The molecule has 0 saturated carbocycles. The van der Waals surface area contributed by atoms with Gasteiger partial charge in [0.15, 0.2) is 6.29 Å². The number of hydrogen-bond acceptors (Lipinski definition) is 3. The van der Waals surface area contributed by atoms with Gasteiger partial charge >= 0.3 is 0 Å². The number of rotatable bonds is 2. The summed E-state index contributed by atoms with van der Waals surface area (Å²) in [5.41, 5.74) is 2.44. The molecule has 1 heterocycles. The summed E-state index contributed by atoms with van der Waals surface area (Å²) >= 11 is 0. The number of aldehydes is 2. The van der Waals surface area contributed by atoms with Gasteiger partial charge in [0.25, 0.3) is 0 Å². The van der Waals surface area contributed by atoms with Gasteiger partial charge in [0, 0.05) is 21.9 Å². The molecule has 0 bridgehead atoms. The Morgan fingerprint density at radius 3 is 2.59 bits per heavy atom. The topological polar surface area (TPSA) is 47.3 Å². The van der Waals surface area contributed by atoms with Gasteiger partial charge in [-0.1, -0.05) is 18.2 Å². The van der Waals surface area contributed by atoms with Crippen molar-refractivity contribution < 1.29 is 14.0 Å². The van der Waals surface area contributed by atoms with E-state index in [0.29, 0.717) is 22.3 Å². The SMILES string of the molecule is O=Cc1ccc2c(c1)oc1cccc(C=O)c12. The summed E-state index contributed by atoms with van der Waals surface area (Å²) in [5.74, 6) is 0. The molecule has 0 aliphatic carbocycles. The minimum atomic E-state index is 0.559. The predicted molar refractivity (Wildman–Crippen MR) is 64.5 cm³/mol. The van der Waals surface area contributed by atoms with Gasteiger partial charge in [-0.25, -0.2) is 0 Å². The Balaban J connectivity index is 2.50. The van der Waals surface area contributed by atoms with Crippen LogP contribution in [0.4, 0.5) is 0 Å². The molecule has 3 nitrogen and oxygen atoms in total. The lowest BCUT2D eigenvalue weighted by Crippen LogP contribution is -1.80. The zero-order valence-corrected chi connectivity index (χ0v) is 8.84. The molecule has 0 amide bonds. The molecule has 82 valence electrons. The van der Waals surface area contributed by atoms with Gasteiger partial charge in [-0.3, -0.25) is 9.59 Å². The summed E-state index contributed by atoms with van der Waals surface area (Å²) in [5, 5.41) is 1.66. The van der Waals surface area contributed by atoms with E-state index in [1.165, 1.54) is 0 Å². The number of furan rings is 1. The highest BCUT2D eigenvalue weighted by atomic mass is 16.3. The number of hydrogen-bond donors (Lipinski definition) is 0. The first-order chi connectivity index (χ1) is 8.33. The summed E-state index contributed by atoms with van der Waals surface area (Å²) in [4.78, 5) is 21.7. The van der Waals surface area contributed by atoms with E-state index in [4.69, 9.17) is 4.42 Å². The molecule has 3 rings (SSSR count). The van der Waals surface area contributed by atoms with Crippen molar-refractivity contribution in [2.45, 2.75) is 0 Å². The fourth-order valence-corrected chi connectivity index (χ4v) is 2.04. The molecule has 2 aromatic carbocycles. The third-order valence-electron chi connectivity index (χ3n) is 2.82. The van der Waals surface area contributed by atoms with Crippen LogP contribution in [0.15, 0.2) is 40.8 Å². The van der Waals surface area contributed by atoms with E-state index >= 15 is 0 Å². The lowest BCUT2D eigenvalue weighted by molar-refractivity contribution is 0.111. The molecule has 0 aliphatic rings. The van der Waals surface area contributed by atoms with Gasteiger partial charge < -0.3 is 4.42 Å². The smallest absolute Gasteiger partial charge is 0.150 e. The molecule has 0 unspecified atom stereocenters. The number of fused-ring (bicyclic) bond motifs is 3. The maximum Gasteiger partial charge on any atom is 0.150 e. The fourth-order valence-electron chi connectivity index (χ4n) is 2.04. The summed E-state index contributed by atoms with van der Waals surface area (Å²) in [7, 11) is 0. The molecule has 1 aromatic heterocycles. The van der Waals surface area contributed by atoms with Crippen LogP contribution in [-0.2, 0) is 0 Å². The Kier molecular flexibility index (Phi) is 2.05. The van der Waals surface area contributed by atoms with Crippen LogP contribution in [0.1, 0.15) is 20.7 Å². The molecule has 0 atom stereocenters. The Bertz CT molecular complexity index is 738. The van der Waals surface area contributed by atoms with E-state index in [2.05, 4.69) is 0 Å². The van der Waals surface area contributed by atoms with E-state index in [9.17, 15) is 9.59 Å². The molecule has 0 aliphatic heterocycles. The summed E-state index contributed by atoms with van der Waals surface area (Å²) in [6.07, 6.45) is 1.58. The predicted octanol–water partition coefficient (Wildman–Crippen LogP) is 3.21. The van der Waals surface area contributed by atoms with Crippen LogP contribution in [0.2, 0.25) is 0 Å². The van der Waals surface area contributed by atoms with Gasteiger partial charge in [-0.15, -0.1) is 0 Å². The average Bonchev–Trinajstić information content (AvgIpc) is 2.75. The van der Waals surface area contributed by atoms with Crippen LogP contribution in [-0.4, -0.2) is 12.6 Å². The van der Waals surface area contributed by atoms with Crippen LogP contribution >= 0.6 is 0 Å². The largest absolute Gasteiger partial charge is 0.456 e. The third-order valence-corrected chi connectivity index (χ3v) is 2.82. The maximum absolute atomic E-state index is 11.0. The second kappa shape index (κ2) is 3.56. The van der Waals surface area contributed by atoms with Crippen molar-refractivity contribution in [2.75, 3.05) is 0 Å². The fraction of sp³-hybridized carbons (Fsp3) is 0. The second-order valence-corrected chi connectivity index (χ2v) is 3.81. The molecular formula is C14H8O3. The number of carbonyl (C=O) groups excluding carboxylic acids is 2. The average molecular weight is 224 g/mol. The normalized spacial score (nSPS) is 10.8. The van der Waals surface area contributed by atoms with Crippen LogP contribution in [0.5, 0.6) is 0 Å². The van der Waals surface area contributed by atoms with Gasteiger partial charge in [-0.05, 0) is 18.2 Å². The van der Waals surface area contributed by atoms with Crippen molar-refractivity contribution in [3.05, 3.63) is 47.5 Å². The molecule has 0 saturated heterocycles. The van der Waals surface area contributed by atoms with Crippen molar-refractivity contribution in [1.82, 2.24) is 0 Å². The molecule has 3 aromatic rings. The lowest BCUT2D eigenvalue weighted by Gasteiger charge is -1.93. The van der Waals surface area contributed by atoms with Gasteiger partial charge in [0.1, 0.15) is 17.5 Å². The van der Waals surface area contributed by atoms with Crippen molar-refractivity contribution in [2.24, 2.45) is 0 Å². The Morgan fingerprint density at radius 1 is 0.941 bits per heavy atom. The standard InChI is InChI=1S/C14H8O3/c15-7-9-4-5-11-13(6-9)17-12-3-1-2-10(8-16)14(11)12/h1-8H. The highest BCUT2D eigenvalue weighted by Gasteiger charge is 2.10. The lowest BCUT2D eigenvalue weighted by atomic mass is 10.1. The van der Waals surface area contributed by atoms with Crippen molar-refractivity contribution in [3.8, 4) is 0 Å². The van der Waals surface area contributed by atoms with Crippen LogP contribution in [0.3, 0.4) is 0 Å². The molecule has 3 heteroatoms. The van der Waals surface area contributed by atoms with Crippen molar-refractivity contribution >= 4 is 34.5 Å². The maximum atomic E-state index is 11.0. The molecular weight excluding hydrogens is 216 g/mol. The Morgan fingerprint density at radius 2 is 1.82 bits per heavy atom. The summed E-state index contributed by atoms with van der Waals surface area (Å²) in [6, 6.07) is 10.5. The minimum absolute atomic E-state index is 0.559. The van der Waals surface area contributed by atoms with E-state index in [1.807, 2.05) is 6.07 Å². The molecule has 0 N–H and O–H groups in total. The highest BCUT2D eigenvalue weighted by Crippen LogP contribution is 2.30. The molecule has 0 spiro atoms. The number of carbonyl (C=O) groups is 2. The summed E-state index contributed by atoms with van der Waals surface area (Å²) < 4.78 is 5.62. The van der Waals surface area contributed by atoms with E-state index in [1.54, 1.807) is 30.3 Å². The van der Waals surface area contributed by atoms with Crippen LogP contribution in [0.25, 0.3) is 21.9 Å². The van der Waals surface area contributed by atoms with Gasteiger partial charge in [0.2, 0.25) is 0 Å². The first kappa shape index (κ1) is 9.78. The minimum Gasteiger partial charge on any atom is -0.456 e. The van der Waals surface area contributed by atoms with Gasteiger partial charge in [-0.2, -0.15) is 0 Å². The summed E-state index contributed by atoms with van der Waals surface area (Å²) in [6.45, 7) is 0. The van der Waals surface area contributed by atoms with Crippen LogP contribution < -0.4 is 0 Å². The molecule has 0 radical (unpaired) electrons. The highest BCUT2D eigenvalue weighted by molar-refractivity contribution is 6.12. The zero-order chi connectivity index (χ0) is 11.8. The second-order valence-electron chi connectivity index (χ2n) is 3.81. The van der Waals surface area contributed by atoms with Crippen molar-refractivity contribution in [1.29, 1.82) is 0 Å². The van der Waals surface area contributed by atoms with E-state index < -0.39 is 0 Å². The van der Waals surface area contributed by atoms with Crippen LogP contribution in [0, 0.1) is 0 Å². The number of benzene rings is 2. The van der Waals surface area contributed by atoms with Gasteiger partial charge in [0.05, 0.1) is 0 Å². The zero-order valence-electron chi connectivity index (χ0n) is 8.84. The quantitative estimate of drug-likeness (QED) is 0.628. The Labute approximate surface area is 96.6 Å². The first-order valence-electron chi connectivity index (χ1n) is 5.19. The monoisotopic (exact) mass is 224 g/mol. The Hall–Kier alpha value is -2.42. The van der Waals surface area contributed by atoms with E-state index in [-0.39, 0.29) is 0 Å². The van der Waals surface area contributed by atoms with Crippen molar-refractivity contribution in [3.63, 3.8) is 0 Å². The third kappa shape index (κ3) is 1.36. The molecule has 17 heavy (non-hydrogen) atoms.